The van der Waals surface area contributed by atoms with Crippen molar-refractivity contribution in [2.75, 3.05) is 5.32 Å². The van der Waals surface area contributed by atoms with E-state index >= 15 is 0 Å². The van der Waals surface area contributed by atoms with Gasteiger partial charge in [0.2, 0.25) is 6.10 Å². The summed E-state index contributed by atoms with van der Waals surface area (Å²) in [7, 11) is 0. The molecule has 0 unspecified atom stereocenters. The van der Waals surface area contributed by atoms with Gasteiger partial charge in [-0.2, -0.15) is 0 Å². The number of anilines is 1. The lowest BCUT2D eigenvalue weighted by Crippen LogP contribution is -2.28. The molecule has 0 fully saturated rings. The monoisotopic (exact) mass is 353 g/mol. The number of amides is 1. The number of hydrogen-bond acceptors (Lipinski definition) is 4. The first kappa shape index (κ1) is 19.4. The first-order valence-electron chi connectivity index (χ1n) is 8.59. The highest BCUT2D eigenvalue weighted by Crippen LogP contribution is 2.22. The van der Waals surface area contributed by atoms with Crippen LogP contribution in [0.25, 0.3) is 0 Å². The number of hydrogen-bond donors (Lipinski definition) is 1. The van der Waals surface area contributed by atoms with E-state index in [1.165, 1.54) is 6.92 Å². The lowest BCUT2D eigenvalue weighted by atomic mass is 10.1. The topological polar surface area (TPSA) is 72.5 Å². The van der Waals surface area contributed by atoms with Crippen LogP contribution in [0.3, 0.4) is 0 Å². The predicted molar refractivity (Wildman–Crippen MR) is 99.8 cm³/mol. The van der Waals surface area contributed by atoms with Crippen LogP contribution in [0.15, 0.2) is 54.6 Å². The molecule has 0 aromatic heterocycles. The maximum Gasteiger partial charge on any atom is 0.309 e. The van der Waals surface area contributed by atoms with Crippen LogP contribution in [0.1, 0.15) is 49.2 Å². The molecule has 0 heterocycles. The summed E-state index contributed by atoms with van der Waals surface area (Å²) >= 11 is 0. The van der Waals surface area contributed by atoms with Gasteiger partial charge in [-0.15, -0.1) is 0 Å². The normalized spacial score (nSPS) is 12.7. The van der Waals surface area contributed by atoms with Crippen molar-refractivity contribution in [1.29, 1.82) is 0 Å². The molecule has 26 heavy (non-hydrogen) atoms. The van der Waals surface area contributed by atoms with Gasteiger partial charge in [-0.25, -0.2) is 0 Å². The van der Waals surface area contributed by atoms with Crippen LogP contribution < -0.4 is 5.32 Å². The summed E-state index contributed by atoms with van der Waals surface area (Å²) in [5, 5.41) is 2.73. The number of nitrogens with one attached hydrogen (secondary N) is 1. The first-order valence-corrected chi connectivity index (χ1v) is 8.59. The van der Waals surface area contributed by atoms with E-state index in [4.69, 9.17) is 4.74 Å². The van der Waals surface area contributed by atoms with Crippen molar-refractivity contribution in [1.82, 2.24) is 0 Å². The van der Waals surface area contributed by atoms with Crippen LogP contribution in [0, 0.1) is 5.92 Å². The van der Waals surface area contributed by atoms with E-state index in [1.54, 1.807) is 55.5 Å². The standard InChI is InChI=1S/C21H23NO4/c1-4-14(2)21(25)26-19(16-9-6-5-7-10-16)20(24)22-18-12-8-11-17(13-18)15(3)23/h5-14,19H,4H2,1-3H3,(H,22,24)/t14-,19+/m0/s1. The summed E-state index contributed by atoms with van der Waals surface area (Å²) < 4.78 is 5.48. The Kier molecular flexibility index (Phi) is 6.67. The zero-order valence-corrected chi connectivity index (χ0v) is 15.2. The van der Waals surface area contributed by atoms with E-state index in [0.29, 0.717) is 23.2 Å². The number of benzene rings is 2. The Bertz CT molecular complexity index is 786. The molecule has 136 valence electrons. The van der Waals surface area contributed by atoms with Gasteiger partial charge in [0.15, 0.2) is 5.78 Å². The molecule has 0 saturated heterocycles. The van der Waals surface area contributed by atoms with Crippen molar-refractivity contribution in [3.8, 4) is 0 Å². The molecule has 0 aliphatic heterocycles. The van der Waals surface area contributed by atoms with E-state index in [1.807, 2.05) is 13.0 Å². The largest absolute Gasteiger partial charge is 0.447 e. The highest BCUT2D eigenvalue weighted by atomic mass is 16.5. The summed E-state index contributed by atoms with van der Waals surface area (Å²) in [5.74, 6) is -1.28. The molecule has 2 aromatic carbocycles. The Balaban J connectivity index is 2.24. The second-order valence-corrected chi connectivity index (χ2v) is 6.16. The fourth-order valence-corrected chi connectivity index (χ4v) is 2.32. The van der Waals surface area contributed by atoms with Crippen LogP contribution in [-0.4, -0.2) is 17.7 Å². The van der Waals surface area contributed by atoms with E-state index in [2.05, 4.69) is 5.32 Å². The zero-order chi connectivity index (χ0) is 19.1. The van der Waals surface area contributed by atoms with E-state index in [-0.39, 0.29) is 11.7 Å². The number of ketones is 1. The number of ether oxygens (including phenoxy) is 1. The minimum absolute atomic E-state index is 0.0936. The van der Waals surface area contributed by atoms with E-state index < -0.39 is 18.0 Å². The van der Waals surface area contributed by atoms with Crippen molar-refractivity contribution in [2.45, 2.75) is 33.3 Å². The molecule has 1 amide bonds. The third kappa shape index (κ3) is 5.02. The maximum atomic E-state index is 12.8. The van der Waals surface area contributed by atoms with Gasteiger partial charge in [-0.1, -0.05) is 56.3 Å². The molecule has 2 rings (SSSR count). The minimum Gasteiger partial charge on any atom is -0.447 e. The number of carbonyl (C=O) groups is 3. The fraction of sp³-hybridized carbons (Fsp3) is 0.286. The van der Waals surface area contributed by atoms with Gasteiger partial charge in [-0.3, -0.25) is 14.4 Å². The first-order chi connectivity index (χ1) is 12.4. The quantitative estimate of drug-likeness (QED) is 0.599. The van der Waals surface area contributed by atoms with Gasteiger partial charge < -0.3 is 10.1 Å². The fourth-order valence-electron chi connectivity index (χ4n) is 2.32. The van der Waals surface area contributed by atoms with Gasteiger partial charge in [0.25, 0.3) is 5.91 Å². The second kappa shape index (κ2) is 8.94. The summed E-state index contributed by atoms with van der Waals surface area (Å²) in [6, 6.07) is 15.5. The van der Waals surface area contributed by atoms with Crippen molar-refractivity contribution in [3.05, 3.63) is 65.7 Å². The van der Waals surface area contributed by atoms with Gasteiger partial charge in [0, 0.05) is 16.8 Å². The van der Waals surface area contributed by atoms with Gasteiger partial charge in [0.1, 0.15) is 0 Å². The average molecular weight is 353 g/mol. The molecule has 2 atom stereocenters. The van der Waals surface area contributed by atoms with Gasteiger partial charge >= 0.3 is 5.97 Å². The number of Topliss-reactive ketones (excluding diaryl/α,β-unsaturated/α-hetero) is 1. The number of esters is 1. The average Bonchev–Trinajstić information content (AvgIpc) is 2.65. The molecule has 0 aliphatic rings. The van der Waals surface area contributed by atoms with E-state index in [9.17, 15) is 14.4 Å². The van der Waals surface area contributed by atoms with Gasteiger partial charge in [0.05, 0.1) is 5.92 Å². The molecule has 0 bridgehead atoms. The predicted octanol–water partition coefficient (Wildman–Crippen LogP) is 4.16. The Morgan fingerprint density at radius 1 is 1.04 bits per heavy atom. The number of carbonyl (C=O) groups excluding carboxylic acids is 3. The Morgan fingerprint density at radius 2 is 1.73 bits per heavy atom. The summed E-state index contributed by atoms with van der Waals surface area (Å²) in [5.41, 5.74) is 1.56. The lowest BCUT2D eigenvalue weighted by Gasteiger charge is -2.20. The number of rotatable bonds is 7. The third-order valence-electron chi connectivity index (χ3n) is 4.13. The Hall–Kier alpha value is -2.95. The smallest absolute Gasteiger partial charge is 0.309 e. The summed E-state index contributed by atoms with van der Waals surface area (Å²) in [6.07, 6.45) is -0.429. The second-order valence-electron chi connectivity index (χ2n) is 6.16. The summed E-state index contributed by atoms with van der Waals surface area (Å²) in [6.45, 7) is 5.11. The highest BCUT2D eigenvalue weighted by Gasteiger charge is 2.27. The third-order valence-corrected chi connectivity index (χ3v) is 4.13. The molecular weight excluding hydrogens is 330 g/mol. The van der Waals surface area contributed by atoms with Crippen LogP contribution >= 0.6 is 0 Å². The SMILES string of the molecule is CC[C@H](C)C(=O)O[C@@H](C(=O)Nc1cccc(C(C)=O)c1)c1ccccc1. The zero-order valence-electron chi connectivity index (χ0n) is 15.2. The summed E-state index contributed by atoms with van der Waals surface area (Å²) in [4.78, 5) is 36.5. The van der Waals surface area contributed by atoms with Crippen molar-refractivity contribution in [2.24, 2.45) is 5.92 Å². The lowest BCUT2D eigenvalue weighted by molar-refractivity contribution is -0.158. The molecular formula is C21H23NO4. The molecule has 0 radical (unpaired) electrons. The molecule has 2 aromatic rings. The Morgan fingerprint density at radius 3 is 2.35 bits per heavy atom. The van der Waals surface area contributed by atoms with Crippen LogP contribution in [0.2, 0.25) is 0 Å². The Labute approximate surface area is 153 Å². The molecule has 0 saturated carbocycles. The van der Waals surface area contributed by atoms with Crippen molar-refractivity contribution >= 4 is 23.3 Å². The maximum absolute atomic E-state index is 12.8. The molecule has 5 heteroatoms. The highest BCUT2D eigenvalue weighted by molar-refractivity contribution is 5.99. The van der Waals surface area contributed by atoms with Crippen LogP contribution in [-0.2, 0) is 14.3 Å². The van der Waals surface area contributed by atoms with Gasteiger partial charge in [-0.05, 0) is 25.5 Å². The molecule has 5 nitrogen and oxygen atoms in total. The minimum atomic E-state index is -1.06. The molecule has 0 aliphatic carbocycles. The van der Waals surface area contributed by atoms with E-state index in [0.717, 1.165) is 0 Å². The van der Waals surface area contributed by atoms with Crippen molar-refractivity contribution in [3.63, 3.8) is 0 Å². The van der Waals surface area contributed by atoms with Crippen LogP contribution in [0.4, 0.5) is 5.69 Å². The molecule has 1 N–H and O–H groups in total. The molecule has 0 spiro atoms. The van der Waals surface area contributed by atoms with Crippen LogP contribution in [0.5, 0.6) is 0 Å². The van der Waals surface area contributed by atoms with Crippen molar-refractivity contribution < 1.29 is 19.1 Å².